The van der Waals surface area contributed by atoms with Gasteiger partial charge in [-0.05, 0) is 172 Å². The van der Waals surface area contributed by atoms with E-state index >= 15 is 0 Å². The Balaban J connectivity index is 1.03. The summed E-state index contributed by atoms with van der Waals surface area (Å²) in [5.41, 5.74) is 19.3. The van der Waals surface area contributed by atoms with Crippen molar-refractivity contribution >= 4 is 101 Å². The maximum absolute atomic E-state index is 9.56. The van der Waals surface area contributed by atoms with Gasteiger partial charge in [-0.2, -0.15) is 0 Å². The lowest BCUT2D eigenvalue weighted by atomic mass is 9.33. The van der Waals surface area contributed by atoms with Crippen molar-refractivity contribution in [2.45, 2.75) is 78.6 Å². The van der Waals surface area contributed by atoms with E-state index in [9.17, 15) is 8.22 Å². The zero-order chi connectivity index (χ0) is 76.0. The largest absolute Gasteiger partial charge is 0.452 e. The lowest BCUT2D eigenvalue weighted by Gasteiger charge is -2.45. The van der Waals surface area contributed by atoms with Crippen LogP contribution in [0.25, 0.3) is 105 Å². The summed E-state index contributed by atoms with van der Waals surface area (Å²) in [6.07, 6.45) is 0. The highest BCUT2D eigenvalue weighted by atomic mass is 16.3. The van der Waals surface area contributed by atoms with Gasteiger partial charge in [0.2, 0.25) is 0 Å². The smallest absolute Gasteiger partial charge is 0.252 e. The van der Waals surface area contributed by atoms with Crippen LogP contribution >= 0.6 is 0 Å². The maximum Gasteiger partial charge on any atom is 0.252 e. The standard InChI is InChI=1S/C90H74BN3O/c1-88(2,3)67-33-23-32-60(47-67)66-54-83-85-84(55-66)94(80-41-25-37-74-73-36-24-40-79(86(73)95-87(74)80)93-77-38-21-19-34-71(77)72-35-20-22-39-78(72)93)82-53-62(65-48-68(89(4,5)6)56-69(49-65)90(7,8)9)43-45-76(82)91(85)75-44-42-61(57-26-13-10-14-27-57)52-81(75)92(83)70-50-63(58-28-15-11-16-29-58)46-64(51-70)59-30-17-12-18-31-59/h10-56H,1-9H3/i10D,13D,14D,19D,20D,21D,22D,26D,27D,34D,35D,38D,39D. The number of rotatable bonds is 8. The molecule has 2 aromatic heterocycles. The Morgan fingerprint density at radius 1 is 0.305 bits per heavy atom. The van der Waals surface area contributed by atoms with E-state index in [1.54, 1.807) is 6.07 Å². The molecule has 0 fully saturated rings. The first-order valence-corrected chi connectivity index (χ1v) is 32.5. The van der Waals surface area contributed by atoms with Gasteiger partial charge in [0.25, 0.3) is 6.71 Å². The SMILES string of the molecule is [2H]c1c([2H])c([2H])c(-c2ccc3c(c2)N(c2cc(-c4ccccc4)cc(-c4ccccc4)c2)c2cc(-c4cccc(C(C)(C)C)c4)cc4c2B3c2ccc(-c3cc(C(C)(C)C)cc(C(C)(C)C)c3)cc2N4c2cccc3c2oc2c(-n4c5c([2H])c([2H])c([2H])c([2H])c5c5c([2H])c([2H])c([2H])c([2H])c54)cccc23)c([2H])c1[2H]. The molecular weight excluding hydrogens is 1150 g/mol. The summed E-state index contributed by atoms with van der Waals surface area (Å²) in [4.78, 5) is 4.62. The highest BCUT2D eigenvalue weighted by Gasteiger charge is 2.45. The summed E-state index contributed by atoms with van der Waals surface area (Å²) in [6, 6.07) is 65.8. The molecule has 5 heteroatoms. The second kappa shape index (κ2) is 21.9. The number of benzene rings is 13. The molecule has 13 aromatic carbocycles. The molecule has 2 aliphatic rings. The Hall–Kier alpha value is -10.9. The van der Waals surface area contributed by atoms with Crippen LogP contribution in [-0.2, 0) is 16.2 Å². The van der Waals surface area contributed by atoms with E-state index in [-0.39, 0.29) is 55.7 Å². The third-order valence-corrected chi connectivity index (χ3v) is 19.3. The number of hydrogen-bond acceptors (Lipinski definition) is 3. The topological polar surface area (TPSA) is 24.6 Å². The fourth-order valence-corrected chi connectivity index (χ4v) is 14.4. The molecule has 0 aliphatic carbocycles. The molecule has 0 unspecified atom stereocenters. The van der Waals surface area contributed by atoms with E-state index in [0.717, 1.165) is 94.9 Å². The van der Waals surface area contributed by atoms with Gasteiger partial charge in [0.1, 0.15) is 0 Å². The number of hydrogen-bond donors (Lipinski definition) is 0. The molecule has 0 atom stereocenters. The summed E-state index contributed by atoms with van der Waals surface area (Å²) in [5.74, 6) is 0. The van der Waals surface area contributed by atoms with Crippen molar-refractivity contribution in [1.29, 1.82) is 0 Å². The summed E-state index contributed by atoms with van der Waals surface area (Å²) in [7, 11) is 0. The summed E-state index contributed by atoms with van der Waals surface area (Å²) < 4.78 is 128. The molecule has 0 amide bonds. The minimum atomic E-state index is -0.537. The van der Waals surface area contributed by atoms with Crippen LogP contribution < -0.4 is 26.2 Å². The number of para-hydroxylation sites is 4. The summed E-state index contributed by atoms with van der Waals surface area (Å²) >= 11 is 0. The Kier molecular flexibility index (Phi) is 10.5. The molecule has 0 spiro atoms. The molecule has 17 rings (SSSR count). The van der Waals surface area contributed by atoms with Crippen LogP contribution in [0.1, 0.15) is 96.8 Å². The summed E-state index contributed by atoms with van der Waals surface area (Å²) in [5, 5.41) is 1.24. The Bertz CT molecular complexity index is 6190. The van der Waals surface area contributed by atoms with Crippen LogP contribution in [0.3, 0.4) is 0 Å². The Morgan fingerprint density at radius 3 is 1.33 bits per heavy atom. The predicted molar refractivity (Wildman–Crippen MR) is 405 cm³/mol. The first-order chi connectivity index (χ1) is 51.4. The Morgan fingerprint density at radius 2 is 0.747 bits per heavy atom. The highest BCUT2D eigenvalue weighted by Crippen LogP contribution is 2.52. The van der Waals surface area contributed by atoms with Crippen molar-refractivity contribution in [2.75, 3.05) is 9.80 Å². The van der Waals surface area contributed by atoms with Crippen molar-refractivity contribution in [3.8, 4) is 61.3 Å². The first kappa shape index (κ1) is 45.4. The molecule has 0 bridgehead atoms. The second-order valence-electron chi connectivity index (χ2n) is 28.4. The van der Waals surface area contributed by atoms with E-state index in [4.69, 9.17) is 14.0 Å². The van der Waals surface area contributed by atoms with Crippen molar-refractivity contribution in [3.63, 3.8) is 0 Å². The van der Waals surface area contributed by atoms with E-state index in [0.29, 0.717) is 38.9 Å². The molecule has 4 nitrogen and oxygen atoms in total. The second-order valence-corrected chi connectivity index (χ2v) is 28.4. The van der Waals surface area contributed by atoms with Gasteiger partial charge in [-0.1, -0.05) is 280 Å². The molecule has 95 heavy (non-hydrogen) atoms. The van der Waals surface area contributed by atoms with Crippen LogP contribution in [0.2, 0.25) is 0 Å². The molecule has 0 saturated heterocycles. The van der Waals surface area contributed by atoms with E-state index in [1.165, 1.54) is 15.7 Å². The lowest BCUT2D eigenvalue weighted by Crippen LogP contribution is -2.61. The van der Waals surface area contributed by atoms with Crippen LogP contribution in [0.15, 0.2) is 289 Å². The van der Waals surface area contributed by atoms with Crippen molar-refractivity contribution in [2.24, 2.45) is 0 Å². The van der Waals surface area contributed by atoms with Crippen LogP contribution in [0, 0.1) is 0 Å². The van der Waals surface area contributed by atoms with Crippen molar-refractivity contribution in [3.05, 3.63) is 301 Å². The van der Waals surface area contributed by atoms with E-state index < -0.39 is 73.2 Å². The van der Waals surface area contributed by atoms with Crippen molar-refractivity contribution in [1.82, 2.24) is 4.57 Å². The monoisotopic (exact) mass is 1240 g/mol. The Labute approximate surface area is 576 Å². The minimum Gasteiger partial charge on any atom is -0.452 e. The van der Waals surface area contributed by atoms with Crippen LogP contribution in [0.4, 0.5) is 34.1 Å². The molecule has 4 heterocycles. The first-order valence-electron chi connectivity index (χ1n) is 39.0. The van der Waals surface area contributed by atoms with E-state index in [2.05, 4.69) is 200 Å². The number of nitrogens with zero attached hydrogens (tertiary/aromatic N) is 3. The number of furan rings is 1. The number of anilines is 6. The molecule has 0 N–H and O–H groups in total. The third kappa shape index (κ3) is 9.73. The summed E-state index contributed by atoms with van der Waals surface area (Å²) in [6.45, 7) is 19.5. The minimum absolute atomic E-state index is 0.0284. The highest BCUT2D eigenvalue weighted by molar-refractivity contribution is 7.00. The van der Waals surface area contributed by atoms with Crippen LogP contribution in [0.5, 0.6) is 0 Å². The van der Waals surface area contributed by atoms with Crippen LogP contribution in [-0.4, -0.2) is 11.3 Å². The van der Waals surface area contributed by atoms with E-state index in [1.807, 2.05) is 72.8 Å². The van der Waals surface area contributed by atoms with Gasteiger partial charge in [-0.25, -0.2) is 0 Å². The average molecular weight is 1240 g/mol. The molecule has 15 aromatic rings. The van der Waals surface area contributed by atoms with Gasteiger partial charge in [0.05, 0.1) is 40.2 Å². The van der Waals surface area contributed by atoms with Gasteiger partial charge in [0, 0.05) is 50.0 Å². The fourth-order valence-electron chi connectivity index (χ4n) is 14.4. The van der Waals surface area contributed by atoms with Gasteiger partial charge < -0.3 is 18.8 Å². The quantitative estimate of drug-likeness (QED) is 0.142. The van der Waals surface area contributed by atoms with Crippen molar-refractivity contribution < 1.29 is 22.2 Å². The maximum atomic E-state index is 9.56. The zero-order valence-electron chi connectivity index (χ0n) is 67.5. The zero-order valence-corrected chi connectivity index (χ0v) is 54.5. The molecule has 0 saturated carbocycles. The van der Waals surface area contributed by atoms with Gasteiger partial charge in [0.15, 0.2) is 11.2 Å². The molecule has 0 radical (unpaired) electrons. The molecule has 2 aliphatic heterocycles. The lowest BCUT2D eigenvalue weighted by molar-refractivity contribution is 0.569. The molecular formula is C90H74BN3O. The number of fused-ring (bicyclic) bond motifs is 10. The van der Waals surface area contributed by atoms with Gasteiger partial charge in [-0.3, -0.25) is 0 Å². The normalized spacial score (nSPS) is 15.0. The average Bonchev–Trinajstić information content (AvgIpc) is 1.08. The number of aromatic nitrogens is 1. The predicted octanol–water partition coefficient (Wildman–Crippen LogP) is 23.0. The van der Waals surface area contributed by atoms with Gasteiger partial charge in [-0.15, -0.1) is 0 Å². The molecule has 458 valence electrons. The third-order valence-electron chi connectivity index (χ3n) is 19.3. The van der Waals surface area contributed by atoms with Gasteiger partial charge >= 0.3 is 0 Å². The fraction of sp³-hybridized carbons (Fsp3) is 0.133.